The van der Waals surface area contributed by atoms with E-state index >= 15 is 0 Å². The number of halogens is 6. The molecule has 31 heavy (non-hydrogen) atoms. The Morgan fingerprint density at radius 3 is 1.06 bits per heavy atom. The number of thioether (sulfide) groups is 2. The van der Waals surface area contributed by atoms with Crippen molar-refractivity contribution in [2.24, 2.45) is 11.5 Å². The van der Waals surface area contributed by atoms with Gasteiger partial charge in [0.2, 0.25) is 0 Å². The molecule has 0 aromatic heterocycles. The third-order valence-corrected chi connectivity index (χ3v) is 4.81. The first-order chi connectivity index (χ1) is 13.8. The van der Waals surface area contributed by atoms with E-state index in [0.717, 1.165) is 5.08 Å². The summed E-state index contributed by atoms with van der Waals surface area (Å²) in [6.45, 7) is 0. The molecule has 0 amide bonds. The molecule has 0 bridgehead atoms. The molecular weight excluding hydrogens is 490 g/mol. The number of aliphatic carboxylic acids is 4. The summed E-state index contributed by atoms with van der Waals surface area (Å²) in [6, 6.07) is -1.60. The van der Waals surface area contributed by atoms with E-state index < -0.39 is 48.3 Å². The van der Waals surface area contributed by atoms with Crippen molar-refractivity contribution in [2.75, 3.05) is 16.6 Å². The van der Waals surface area contributed by atoms with Crippen LogP contribution in [-0.4, -0.2) is 85.3 Å². The van der Waals surface area contributed by atoms with Crippen LogP contribution < -0.4 is 11.5 Å². The minimum atomic E-state index is -5.08. The highest BCUT2D eigenvalue weighted by Gasteiger charge is 2.38. The zero-order valence-corrected chi connectivity index (χ0v) is 17.0. The van der Waals surface area contributed by atoms with Gasteiger partial charge in [0.15, 0.2) is 0 Å². The monoisotopic (exact) mass is 510 g/mol. The average molecular weight is 510 g/mol. The van der Waals surface area contributed by atoms with Crippen molar-refractivity contribution in [1.29, 1.82) is 0 Å². The van der Waals surface area contributed by atoms with Gasteiger partial charge < -0.3 is 31.9 Å². The minimum absolute atomic E-state index is 0.440. The van der Waals surface area contributed by atoms with E-state index in [1.807, 2.05) is 0 Å². The topological polar surface area (TPSA) is 201 Å². The second-order valence-electron chi connectivity index (χ2n) is 5.01. The summed E-state index contributed by atoms with van der Waals surface area (Å²) < 4.78 is 63.5. The van der Waals surface area contributed by atoms with Crippen LogP contribution in [0.2, 0.25) is 0 Å². The van der Waals surface area contributed by atoms with Gasteiger partial charge >= 0.3 is 36.2 Å². The molecule has 0 fully saturated rings. The van der Waals surface area contributed by atoms with Gasteiger partial charge in [-0.1, -0.05) is 0 Å². The van der Waals surface area contributed by atoms with Gasteiger partial charge in [-0.3, -0.25) is 9.59 Å². The first-order valence-electron chi connectivity index (χ1n) is 7.56. The Hall–Kier alpha value is -1.92. The van der Waals surface area contributed by atoms with Crippen LogP contribution in [0.25, 0.3) is 0 Å². The van der Waals surface area contributed by atoms with Crippen molar-refractivity contribution in [3.05, 3.63) is 0 Å². The normalized spacial score (nSPS) is 12.9. The van der Waals surface area contributed by atoms with Crippen LogP contribution >= 0.6 is 23.5 Å². The summed E-state index contributed by atoms with van der Waals surface area (Å²) in [7, 11) is 0. The fourth-order valence-corrected chi connectivity index (χ4v) is 3.10. The fraction of sp³-hybridized carbons (Fsp3) is 0.692. The van der Waals surface area contributed by atoms with E-state index in [2.05, 4.69) is 0 Å². The van der Waals surface area contributed by atoms with Gasteiger partial charge in [0.1, 0.15) is 12.1 Å². The largest absolute Gasteiger partial charge is 0.490 e. The Morgan fingerprint density at radius 2 is 0.903 bits per heavy atom. The maximum Gasteiger partial charge on any atom is 0.490 e. The summed E-state index contributed by atoms with van der Waals surface area (Å²) in [5.41, 5.74) is 10.7. The van der Waals surface area contributed by atoms with Crippen molar-refractivity contribution >= 4 is 47.4 Å². The Morgan fingerprint density at radius 1 is 0.677 bits per heavy atom. The van der Waals surface area contributed by atoms with Gasteiger partial charge in [-0.15, -0.1) is 0 Å². The number of nitrogens with two attached hydrogens (primary N) is 2. The van der Waals surface area contributed by atoms with Crippen LogP contribution in [0.4, 0.5) is 26.3 Å². The van der Waals surface area contributed by atoms with Crippen molar-refractivity contribution in [3.8, 4) is 0 Å². The molecule has 0 aromatic rings. The molecule has 0 aliphatic carbocycles. The van der Waals surface area contributed by atoms with Crippen LogP contribution in [0.1, 0.15) is 12.8 Å². The molecule has 0 heterocycles. The molecular formula is C13H20F6N2O8S2. The van der Waals surface area contributed by atoms with Gasteiger partial charge in [0, 0.05) is 5.08 Å². The van der Waals surface area contributed by atoms with E-state index in [0.29, 0.717) is 24.3 Å². The molecule has 184 valence electrons. The first kappa shape index (κ1) is 33.7. The summed E-state index contributed by atoms with van der Waals surface area (Å²) in [5.74, 6) is -6.10. The highest BCUT2D eigenvalue weighted by atomic mass is 32.2. The number of hydrogen-bond acceptors (Lipinski definition) is 8. The lowest BCUT2D eigenvalue weighted by atomic mass is 10.2. The van der Waals surface area contributed by atoms with Crippen molar-refractivity contribution < 1.29 is 65.9 Å². The van der Waals surface area contributed by atoms with E-state index in [-0.39, 0.29) is 0 Å². The summed E-state index contributed by atoms with van der Waals surface area (Å²) in [4.78, 5) is 38.6. The lowest BCUT2D eigenvalue weighted by Gasteiger charge is -2.07. The highest BCUT2D eigenvalue weighted by molar-refractivity contribution is 8.15. The van der Waals surface area contributed by atoms with E-state index in [1.165, 1.54) is 0 Å². The average Bonchev–Trinajstić information content (AvgIpc) is 2.59. The summed E-state index contributed by atoms with van der Waals surface area (Å²) in [6.07, 6.45) is -9.29. The Kier molecular flexibility index (Phi) is 18.2. The molecule has 10 nitrogen and oxygen atoms in total. The van der Waals surface area contributed by atoms with E-state index in [9.17, 15) is 35.9 Å². The SMILES string of the molecule is N[C@@H](CCSCSCC[C@H](N)C(=O)O)C(=O)O.O=C(O)C(F)(F)F.O=C(O)C(F)(F)F. The lowest BCUT2D eigenvalue weighted by molar-refractivity contribution is -0.193. The fourth-order valence-electron chi connectivity index (χ4n) is 0.844. The van der Waals surface area contributed by atoms with Gasteiger partial charge in [-0.2, -0.15) is 49.9 Å². The van der Waals surface area contributed by atoms with Crippen molar-refractivity contribution in [1.82, 2.24) is 0 Å². The van der Waals surface area contributed by atoms with Crippen LogP contribution in [0, 0.1) is 0 Å². The molecule has 18 heteroatoms. The van der Waals surface area contributed by atoms with Gasteiger partial charge in [0.05, 0.1) is 0 Å². The lowest BCUT2D eigenvalue weighted by Crippen LogP contribution is -2.30. The molecule has 0 aliphatic heterocycles. The smallest absolute Gasteiger partial charge is 0.480 e. The standard InChI is InChI=1S/C9H18N2O4S2.2C2HF3O2/c10-6(8(12)13)1-3-16-5-17-4-2-7(11)9(14)15;2*3-2(4,5)1(6)7/h6-7H,1-5,10-11H2,(H,12,13)(H,14,15);2*(H,6,7)/t6-,7-;;/m0../s1. The predicted octanol–water partition coefficient (Wildman–Crippen LogP) is 1.28. The van der Waals surface area contributed by atoms with Crippen molar-refractivity contribution in [3.63, 3.8) is 0 Å². The Labute approximate surface area is 179 Å². The molecule has 2 atom stereocenters. The Bertz CT molecular complexity index is 529. The third kappa shape index (κ3) is 24.2. The molecule has 0 spiro atoms. The maximum absolute atomic E-state index is 10.6. The predicted molar refractivity (Wildman–Crippen MR) is 97.6 cm³/mol. The molecule has 0 saturated heterocycles. The van der Waals surface area contributed by atoms with Gasteiger partial charge in [-0.25, -0.2) is 9.59 Å². The number of hydrogen-bond donors (Lipinski definition) is 6. The van der Waals surface area contributed by atoms with Crippen molar-refractivity contribution in [2.45, 2.75) is 37.3 Å². The number of alkyl halides is 6. The van der Waals surface area contributed by atoms with Gasteiger partial charge in [-0.05, 0) is 24.3 Å². The number of carboxylic acid groups (broad SMARTS) is 4. The molecule has 0 unspecified atom stereocenters. The summed E-state index contributed by atoms with van der Waals surface area (Å²) in [5, 5.41) is 32.1. The summed E-state index contributed by atoms with van der Waals surface area (Å²) >= 11 is 3.18. The molecule has 0 radical (unpaired) electrons. The van der Waals surface area contributed by atoms with E-state index in [1.54, 1.807) is 23.5 Å². The second kappa shape index (κ2) is 16.7. The van der Waals surface area contributed by atoms with Crippen LogP contribution in [0.5, 0.6) is 0 Å². The zero-order chi connectivity index (χ0) is 25.4. The Balaban J connectivity index is -0.000000460. The molecule has 0 rings (SSSR count). The van der Waals surface area contributed by atoms with E-state index in [4.69, 9.17) is 41.5 Å². The molecule has 0 aliphatic rings. The molecule has 0 saturated carbocycles. The number of carbonyl (C=O) groups is 4. The minimum Gasteiger partial charge on any atom is -0.480 e. The molecule has 8 N–H and O–H groups in total. The zero-order valence-electron chi connectivity index (χ0n) is 15.4. The second-order valence-corrected chi connectivity index (χ2v) is 7.58. The quantitative estimate of drug-likeness (QED) is 0.140. The van der Waals surface area contributed by atoms with Gasteiger partial charge in [0.25, 0.3) is 0 Å². The van der Waals surface area contributed by atoms with Crippen LogP contribution in [-0.2, 0) is 19.2 Å². The van der Waals surface area contributed by atoms with Crippen LogP contribution in [0.3, 0.4) is 0 Å². The maximum atomic E-state index is 10.6. The number of rotatable bonds is 10. The molecule has 0 aromatic carbocycles. The number of carboxylic acids is 4. The first-order valence-corrected chi connectivity index (χ1v) is 9.87. The van der Waals surface area contributed by atoms with Crippen LogP contribution in [0.15, 0.2) is 0 Å². The highest BCUT2D eigenvalue weighted by Crippen LogP contribution is 2.15. The third-order valence-electron chi connectivity index (χ3n) is 2.43.